The van der Waals surface area contributed by atoms with Gasteiger partial charge in [-0.25, -0.2) is 9.78 Å². The number of benzene rings is 2. The number of fused-ring (bicyclic) bond motifs is 2. The van der Waals surface area contributed by atoms with E-state index in [0.717, 1.165) is 23.1 Å². The summed E-state index contributed by atoms with van der Waals surface area (Å²) >= 11 is 6.55. The zero-order valence-electron chi connectivity index (χ0n) is 17.9. The number of rotatable bonds is 5. The first-order valence-electron chi connectivity index (χ1n) is 11.0. The summed E-state index contributed by atoms with van der Waals surface area (Å²) in [6, 6.07) is 16.7. The summed E-state index contributed by atoms with van der Waals surface area (Å²) in [5, 5.41) is 9.56. The Kier molecular flexibility index (Phi) is 5.21. The van der Waals surface area contributed by atoms with Gasteiger partial charge in [0.05, 0.1) is 34.5 Å². The molecule has 172 valence electrons. The number of carbonyl (C=O) groups is 1. The number of imidazole rings is 1. The molecule has 34 heavy (non-hydrogen) atoms. The molecular weight excluding hydrogens is 458 g/mol. The third-order valence-electron chi connectivity index (χ3n) is 6.21. The number of aromatic amines is 1. The highest BCUT2D eigenvalue weighted by Gasteiger charge is 2.43. The maximum Gasteiger partial charge on any atom is 0.335 e. The molecule has 2 N–H and O–H groups in total. The molecule has 3 unspecified atom stereocenters. The molecule has 2 aliphatic heterocycles. The second kappa shape index (κ2) is 8.39. The maximum absolute atomic E-state index is 11.1. The second-order valence-electron chi connectivity index (χ2n) is 8.34. The Balaban J connectivity index is 1.24. The Morgan fingerprint density at radius 1 is 1.03 bits per heavy atom. The Labute approximate surface area is 199 Å². The average Bonchev–Trinajstić information content (AvgIpc) is 3.56. The van der Waals surface area contributed by atoms with E-state index in [1.807, 2.05) is 24.3 Å². The largest absolute Gasteiger partial charge is 0.478 e. The lowest BCUT2D eigenvalue weighted by Gasteiger charge is -2.15. The molecule has 4 aromatic rings. The molecule has 0 bridgehead atoms. The van der Waals surface area contributed by atoms with E-state index in [4.69, 9.17) is 30.9 Å². The summed E-state index contributed by atoms with van der Waals surface area (Å²) in [5.41, 5.74) is 4.78. The van der Waals surface area contributed by atoms with Crippen LogP contribution >= 0.6 is 11.6 Å². The zero-order chi connectivity index (χ0) is 23.2. The summed E-state index contributed by atoms with van der Waals surface area (Å²) in [5.74, 6) is -0.947. The average molecular weight is 478 g/mol. The number of pyridine rings is 1. The zero-order valence-corrected chi connectivity index (χ0v) is 18.7. The number of hydrogen-bond acceptors (Lipinski definition) is 6. The molecule has 0 saturated carbocycles. The Hall–Kier alpha value is -3.46. The molecule has 2 fully saturated rings. The van der Waals surface area contributed by atoms with Crippen molar-refractivity contribution in [2.75, 3.05) is 13.2 Å². The van der Waals surface area contributed by atoms with E-state index in [9.17, 15) is 4.79 Å². The quantitative estimate of drug-likeness (QED) is 0.433. The van der Waals surface area contributed by atoms with Gasteiger partial charge in [0.15, 0.2) is 11.8 Å². The van der Waals surface area contributed by atoms with E-state index >= 15 is 0 Å². The standard InChI is InChI=1S/C25H20ClN3O5/c26-17-11-18-23(29-25(27-18)34-20-12-33-19-9-10-32-22(19)20)28-21(17)15-5-1-13(2-6-15)14-3-7-16(8-4-14)24(30)31/h1-8,11,19-20,22H,9-10,12H2,(H,30,31)(H,27,28,29). The van der Waals surface area contributed by atoms with Gasteiger partial charge in [0, 0.05) is 12.2 Å². The van der Waals surface area contributed by atoms with Crippen LogP contribution in [-0.4, -0.2) is 57.6 Å². The van der Waals surface area contributed by atoms with Crippen LogP contribution in [0.4, 0.5) is 0 Å². The van der Waals surface area contributed by atoms with E-state index in [2.05, 4.69) is 15.0 Å². The van der Waals surface area contributed by atoms with Crippen molar-refractivity contribution in [1.29, 1.82) is 0 Å². The molecule has 0 radical (unpaired) electrons. The molecule has 8 nitrogen and oxygen atoms in total. The Morgan fingerprint density at radius 3 is 2.47 bits per heavy atom. The topological polar surface area (TPSA) is 107 Å². The Bertz CT molecular complexity index is 1370. The fourth-order valence-electron chi connectivity index (χ4n) is 4.45. The van der Waals surface area contributed by atoms with Crippen molar-refractivity contribution in [1.82, 2.24) is 15.0 Å². The number of nitrogens with one attached hydrogen (secondary N) is 1. The first kappa shape index (κ1) is 21.1. The SMILES string of the molecule is O=C(O)c1ccc(-c2ccc(-c3nc4nc(OC5COC6CCOC65)[nH]c4cc3Cl)cc2)cc1. The summed E-state index contributed by atoms with van der Waals surface area (Å²) in [6.45, 7) is 1.15. The monoisotopic (exact) mass is 477 g/mol. The number of carboxylic acids is 1. The number of aromatic nitrogens is 3. The highest BCUT2D eigenvalue weighted by molar-refractivity contribution is 6.33. The minimum atomic E-state index is -0.947. The molecule has 0 amide bonds. The van der Waals surface area contributed by atoms with Gasteiger partial charge in [0.1, 0.15) is 6.10 Å². The van der Waals surface area contributed by atoms with Crippen LogP contribution in [0.15, 0.2) is 54.6 Å². The first-order chi connectivity index (χ1) is 16.5. The molecule has 3 atom stereocenters. The third kappa shape index (κ3) is 3.79. The predicted molar refractivity (Wildman–Crippen MR) is 125 cm³/mol. The lowest BCUT2D eigenvalue weighted by atomic mass is 10.0. The molecule has 2 aromatic heterocycles. The number of ether oxygens (including phenoxy) is 3. The minimum absolute atomic E-state index is 0.0702. The van der Waals surface area contributed by atoms with Crippen molar-refractivity contribution < 1.29 is 24.1 Å². The van der Waals surface area contributed by atoms with Crippen molar-refractivity contribution in [2.45, 2.75) is 24.7 Å². The van der Waals surface area contributed by atoms with Gasteiger partial charge in [-0.15, -0.1) is 0 Å². The predicted octanol–water partition coefficient (Wildman–Crippen LogP) is 4.58. The van der Waals surface area contributed by atoms with E-state index in [1.54, 1.807) is 30.3 Å². The van der Waals surface area contributed by atoms with Crippen molar-refractivity contribution in [3.8, 4) is 28.4 Å². The van der Waals surface area contributed by atoms with Crippen LogP contribution in [0.1, 0.15) is 16.8 Å². The minimum Gasteiger partial charge on any atom is -0.478 e. The van der Waals surface area contributed by atoms with Crippen molar-refractivity contribution in [3.05, 3.63) is 65.2 Å². The molecule has 9 heteroatoms. The van der Waals surface area contributed by atoms with Crippen LogP contribution in [0.25, 0.3) is 33.5 Å². The Morgan fingerprint density at radius 2 is 1.74 bits per heavy atom. The highest BCUT2D eigenvalue weighted by Crippen LogP contribution is 2.33. The van der Waals surface area contributed by atoms with Gasteiger partial charge < -0.3 is 24.3 Å². The van der Waals surface area contributed by atoms with Gasteiger partial charge in [-0.3, -0.25) is 0 Å². The molecule has 4 heterocycles. The lowest BCUT2D eigenvalue weighted by molar-refractivity contribution is 0.0273. The molecule has 2 aromatic carbocycles. The lowest BCUT2D eigenvalue weighted by Crippen LogP contribution is -2.32. The molecule has 2 saturated heterocycles. The van der Waals surface area contributed by atoms with Crippen LogP contribution in [0.2, 0.25) is 5.02 Å². The molecule has 6 rings (SSSR count). The van der Waals surface area contributed by atoms with Crippen LogP contribution < -0.4 is 4.74 Å². The number of nitrogens with zero attached hydrogens (tertiary/aromatic N) is 2. The van der Waals surface area contributed by atoms with Crippen molar-refractivity contribution in [2.24, 2.45) is 0 Å². The summed E-state index contributed by atoms with van der Waals surface area (Å²) in [4.78, 5) is 23.3. The van der Waals surface area contributed by atoms with Crippen LogP contribution in [0.3, 0.4) is 0 Å². The van der Waals surface area contributed by atoms with Gasteiger partial charge in [0.2, 0.25) is 0 Å². The normalized spacial score (nSPS) is 21.6. The number of H-pyrrole nitrogens is 1. The van der Waals surface area contributed by atoms with Crippen LogP contribution in [-0.2, 0) is 9.47 Å². The van der Waals surface area contributed by atoms with E-state index in [-0.39, 0.29) is 23.9 Å². The number of carboxylic acid groups (broad SMARTS) is 1. The third-order valence-corrected chi connectivity index (χ3v) is 6.50. The van der Waals surface area contributed by atoms with Gasteiger partial charge in [-0.1, -0.05) is 48.0 Å². The summed E-state index contributed by atoms with van der Waals surface area (Å²) in [7, 11) is 0. The summed E-state index contributed by atoms with van der Waals surface area (Å²) in [6.07, 6.45) is 0.698. The summed E-state index contributed by atoms with van der Waals surface area (Å²) < 4.78 is 17.5. The first-order valence-corrected chi connectivity index (χ1v) is 11.3. The van der Waals surface area contributed by atoms with Gasteiger partial charge >= 0.3 is 5.97 Å². The highest BCUT2D eigenvalue weighted by atomic mass is 35.5. The molecular formula is C25H20ClN3O5. The van der Waals surface area contributed by atoms with Crippen LogP contribution in [0, 0.1) is 0 Å². The van der Waals surface area contributed by atoms with Crippen LogP contribution in [0.5, 0.6) is 6.01 Å². The van der Waals surface area contributed by atoms with E-state index in [0.29, 0.717) is 41.1 Å². The van der Waals surface area contributed by atoms with Gasteiger partial charge in [-0.2, -0.15) is 4.98 Å². The maximum atomic E-state index is 11.1. The number of halogens is 1. The number of hydrogen-bond donors (Lipinski definition) is 2. The van der Waals surface area contributed by atoms with Gasteiger partial charge in [-0.05, 0) is 35.7 Å². The van der Waals surface area contributed by atoms with E-state index < -0.39 is 5.97 Å². The molecule has 0 spiro atoms. The molecule has 0 aliphatic carbocycles. The van der Waals surface area contributed by atoms with E-state index in [1.165, 1.54) is 0 Å². The fourth-order valence-corrected chi connectivity index (χ4v) is 4.71. The molecule has 2 aliphatic rings. The fraction of sp³-hybridized carbons (Fsp3) is 0.240. The smallest absolute Gasteiger partial charge is 0.335 e. The van der Waals surface area contributed by atoms with Crippen molar-refractivity contribution in [3.63, 3.8) is 0 Å². The van der Waals surface area contributed by atoms with Gasteiger partial charge in [0.25, 0.3) is 6.01 Å². The number of aromatic carboxylic acids is 1. The van der Waals surface area contributed by atoms with Crippen molar-refractivity contribution >= 4 is 28.7 Å². The second-order valence-corrected chi connectivity index (χ2v) is 8.75.